The Bertz CT molecular complexity index is 1410. The summed E-state index contributed by atoms with van der Waals surface area (Å²) in [5.41, 5.74) is 0.177. The molecule has 1 atom stereocenters. The quantitative estimate of drug-likeness (QED) is 0.627. The van der Waals surface area contributed by atoms with Crippen molar-refractivity contribution >= 4 is 34.2 Å². The van der Waals surface area contributed by atoms with E-state index in [2.05, 4.69) is 10.3 Å². The first-order valence-corrected chi connectivity index (χ1v) is 9.90. The number of benzene rings is 1. The van der Waals surface area contributed by atoms with Crippen LogP contribution in [-0.4, -0.2) is 39.3 Å². The zero-order chi connectivity index (χ0) is 22.6. The van der Waals surface area contributed by atoms with Crippen LogP contribution in [0.2, 0.25) is 0 Å². The van der Waals surface area contributed by atoms with Gasteiger partial charge >= 0.3 is 5.69 Å². The third kappa shape index (κ3) is 3.09. The second-order valence-electron chi connectivity index (χ2n) is 7.73. The van der Waals surface area contributed by atoms with E-state index in [9.17, 15) is 19.2 Å². The molecule has 0 spiro atoms. The summed E-state index contributed by atoms with van der Waals surface area (Å²) in [5, 5.41) is 2.94. The van der Waals surface area contributed by atoms with Crippen molar-refractivity contribution in [3.05, 3.63) is 51.3 Å². The number of aryl methyl sites for hydroxylation is 1. The lowest BCUT2D eigenvalue weighted by molar-refractivity contribution is -0.122. The van der Waals surface area contributed by atoms with Gasteiger partial charge in [-0.05, 0) is 18.2 Å². The fraction of sp³-hybridized carbons (Fsp3) is 0.286. The molecule has 5 rings (SSSR count). The molecule has 32 heavy (non-hydrogen) atoms. The Morgan fingerprint density at radius 3 is 2.69 bits per heavy atom. The van der Waals surface area contributed by atoms with Crippen LogP contribution in [0.4, 0.5) is 11.4 Å². The van der Waals surface area contributed by atoms with E-state index in [1.54, 1.807) is 18.2 Å². The van der Waals surface area contributed by atoms with Gasteiger partial charge in [0.25, 0.3) is 5.56 Å². The number of hydrogen-bond donors (Lipinski definition) is 1. The second-order valence-corrected chi connectivity index (χ2v) is 7.73. The summed E-state index contributed by atoms with van der Waals surface area (Å²) in [6.07, 6.45) is 1.43. The fourth-order valence-corrected chi connectivity index (χ4v) is 3.96. The van der Waals surface area contributed by atoms with Crippen LogP contribution in [0, 0.1) is 5.92 Å². The Kier molecular flexibility index (Phi) is 4.47. The van der Waals surface area contributed by atoms with E-state index in [0.29, 0.717) is 22.9 Å². The van der Waals surface area contributed by atoms with Gasteiger partial charge in [-0.2, -0.15) is 0 Å². The van der Waals surface area contributed by atoms with Crippen molar-refractivity contribution in [1.82, 2.24) is 14.1 Å². The van der Waals surface area contributed by atoms with Gasteiger partial charge in [0.2, 0.25) is 18.6 Å². The summed E-state index contributed by atoms with van der Waals surface area (Å²) in [7, 11) is 2.90. The number of ether oxygens (including phenoxy) is 2. The van der Waals surface area contributed by atoms with E-state index < -0.39 is 17.2 Å². The number of anilines is 2. The van der Waals surface area contributed by atoms with Crippen LogP contribution in [0.15, 0.2) is 40.1 Å². The average molecular weight is 437 g/mol. The summed E-state index contributed by atoms with van der Waals surface area (Å²) < 4.78 is 12.9. The van der Waals surface area contributed by atoms with Crippen LogP contribution >= 0.6 is 0 Å². The van der Waals surface area contributed by atoms with Gasteiger partial charge in [0.15, 0.2) is 11.5 Å². The molecule has 1 aromatic carbocycles. The van der Waals surface area contributed by atoms with Crippen molar-refractivity contribution in [1.29, 1.82) is 0 Å². The Morgan fingerprint density at radius 1 is 1.09 bits per heavy atom. The minimum Gasteiger partial charge on any atom is -0.454 e. The maximum atomic E-state index is 12.8. The largest absolute Gasteiger partial charge is 0.454 e. The number of nitrogens with one attached hydrogen (secondary N) is 1. The first-order valence-electron chi connectivity index (χ1n) is 9.90. The number of hydrogen-bond acceptors (Lipinski definition) is 7. The first kappa shape index (κ1) is 19.8. The van der Waals surface area contributed by atoms with E-state index in [4.69, 9.17) is 9.47 Å². The van der Waals surface area contributed by atoms with Crippen molar-refractivity contribution < 1.29 is 19.1 Å². The Morgan fingerprint density at radius 2 is 1.88 bits per heavy atom. The minimum atomic E-state index is -0.577. The highest BCUT2D eigenvalue weighted by atomic mass is 16.7. The van der Waals surface area contributed by atoms with E-state index in [1.165, 1.54) is 35.8 Å². The summed E-state index contributed by atoms with van der Waals surface area (Å²) in [5.74, 6) is 0.0593. The molecule has 3 aromatic rings. The number of nitrogens with zero attached hydrogens (tertiary/aromatic N) is 4. The van der Waals surface area contributed by atoms with E-state index in [1.807, 2.05) is 0 Å². The highest BCUT2D eigenvalue weighted by molar-refractivity contribution is 6.04. The van der Waals surface area contributed by atoms with Gasteiger partial charge in [-0.25, -0.2) is 9.78 Å². The number of carbonyl (C=O) groups is 2. The van der Waals surface area contributed by atoms with E-state index in [-0.39, 0.29) is 42.6 Å². The zero-order valence-corrected chi connectivity index (χ0v) is 17.3. The van der Waals surface area contributed by atoms with E-state index in [0.717, 1.165) is 4.57 Å². The van der Waals surface area contributed by atoms with Crippen molar-refractivity contribution in [3.8, 4) is 11.5 Å². The molecule has 164 valence electrons. The van der Waals surface area contributed by atoms with Crippen LogP contribution in [0.25, 0.3) is 11.0 Å². The van der Waals surface area contributed by atoms with Crippen LogP contribution < -0.4 is 30.9 Å². The zero-order valence-electron chi connectivity index (χ0n) is 17.3. The first-order chi connectivity index (χ1) is 15.3. The molecule has 2 aliphatic heterocycles. The third-order valence-corrected chi connectivity index (χ3v) is 5.72. The van der Waals surface area contributed by atoms with Crippen LogP contribution in [-0.2, 0) is 23.7 Å². The van der Waals surface area contributed by atoms with Gasteiger partial charge < -0.3 is 19.7 Å². The molecule has 11 heteroatoms. The smallest absolute Gasteiger partial charge is 0.332 e. The highest BCUT2D eigenvalue weighted by Crippen LogP contribution is 2.37. The molecule has 0 saturated carbocycles. The number of pyridine rings is 1. The van der Waals surface area contributed by atoms with Crippen molar-refractivity contribution in [2.75, 3.05) is 23.6 Å². The molecule has 0 aliphatic carbocycles. The van der Waals surface area contributed by atoms with Crippen molar-refractivity contribution in [3.63, 3.8) is 0 Å². The predicted molar refractivity (Wildman–Crippen MR) is 114 cm³/mol. The average Bonchev–Trinajstić information content (AvgIpc) is 3.42. The molecule has 2 aliphatic rings. The standard InChI is InChI=1S/C21H19N5O6/c1-24-18-14(20(29)25(2)21(24)30)6-12(8-22-18)23-19(28)11-5-17(27)26(9-11)13-3-4-15-16(7-13)32-10-31-15/h3-4,6-8,11H,5,9-10H2,1-2H3,(H,23,28). The molecule has 4 heterocycles. The summed E-state index contributed by atoms with van der Waals surface area (Å²) >= 11 is 0. The second kappa shape index (κ2) is 7.22. The van der Waals surface area contributed by atoms with Gasteiger partial charge in [0.05, 0.1) is 23.2 Å². The molecule has 2 aromatic heterocycles. The lowest BCUT2D eigenvalue weighted by Crippen LogP contribution is -2.37. The summed E-state index contributed by atoms with van der Waals surface area (Å²) in [4.78, 5) is 55.6. The van der Waals surface area contributed by atoms with Crippen molar-refractivity contribution in [2.45, 2.75) is 6.42 Å². The predicted octanol–water partition coefficient (Wildman–Crippen LogP) is 0.352. The van der Waals surface area contributed by atoms with Gasteiger partial charge in [0, 0.05) is 38.8 Å². The van der Waals surface area contributed by atoms with Crippen LogP contribution in [0.3, 0.4) is 0 Å². The van der Waals surface area contributed by atoms with Gasteiger partial charge in [0.1, 0.15) is 5.65 Å². The highest BCUT2D eigenvalue weighted by Gasteiger charge is 2.36. The normalized spacial score (nSPS) is 17.2. The number of fused-ring (bicyclic) bond motifs is 2. The van der Waals surface area contributed by atoms with Gasteiger partial charge in [-0.3, -0.25) is 23.5 Å². The Hall–Kier alpha value is -4.15. The molecular weight excluding hydrogens is 418 g/mol. The molecule has 1 fully saturated rings. The van der Waals surface area contributed by atoms with Crippen molar-refractivity contribution in [2.24, 2.45) is 20.0 Å². The molecule has 1 unspecified atom stereocenters. The number of amides is 2. The molecule has 0 radical (unpaired) electrons. The third-order valence-electron chi connectivity index (χ3n) is 5.72. The number of aromatic nitrogens is 3. The molecule has 1 saturated heterocycles. The molecule has 11 nitrogen and oxygen atoms in total. The van der Waals surface area contributed by atoms with Gasteiger partial charge in [-0.1, -0.05) is 0 Å². The molecule has 1 N–H and O–H groups in total. The summed E-state index contributed by atoms with van der Waals surface area (Å²) in [6.45, 7) is 0.344. The SMILES string of the molecule is Cn1c(=O)c2cc(NC(=O)C3CC(=O)N(c4ccc5c(c4)OCO5)C3)cnc2n(C)c1=O. The molecular formula is C21H19N5O6. The Balaban J connectivity index is 1.36. The maximum absolute atomic E-state index is 12.8. The number of carbonyl (C=O) groups excluding carboxylic acids is 2. The van der Waals surface area contributed by atoms with E-state index >= 15 is 0 Å². The molecule has 2 amide bonds. The monoisotopic (exact) mass is 437 g/mol. The fourth-order valence-electron chi connectivity index (χ4n) is 3.96. The lowest BCUT2D eigenvalue weighted by Gasteiger charge is -2.17. The molecule has 0 bridgehead atoms. The lowest BCUT2D eigenvalue weighted by atomic mass is 10.1. The topological polar surface area (TPSA) is 125 Å². The Labute approximate surface area is 180 Å². The van der Waals surface area contributed by atoms with Crippen LogP contribution in [0.5, 0.6) is 11.5 Å². The summed E-state index contributed by atoms with van der Waals surface area (Å²) in [6, 6.07) is 6.67. The van der Waals surface area contributed by atoms with Gasteiger partial charge in [-0.15, -0.1) is 0 Å². The maximum Gasteiger partial charge on any atom is 0.332 e. The number of rotatable bonds is 3. The van der Waals surface area contributed by atoms with Crippen LogP contribution in [0.1, 0.15) is 6.42 Å². The minimum absolute atomic E-state index is 0.0531.